The van der Waals surface area contributed by atoms with Gasteiger partial charge in [-0.2, -0.15) is 0 Å². The summed E-state index contributed by atoms with van der Waals surface area (Å²) in [5.41, 5.74) is 26.7. The van der Waals surface area contributed by atoms with Crippen LogP contribution in [0.4, 0.5) is 34.1 Å². The largest absolute Gasteiger partial charge is 0.310 e. The lowest BCUT2D eigenvalue weighted by atomic mass is 9.96. The van der Waals surface area contributed by atoms with Crippen molar-refractivity contribution in [1.82, 2.24) is 0 Å². The van der Waals surface area contributed by atoms with Crippen molar-refractivity contribution >= 4 is 58.4 Å². The van der Waals surface area contributed by atoms with Crippen LogP contribution in [0.5, 0.6) is 0 Å². The smallest absolute Gasteiger partial charge is 0.0493 e. The van der Waals surface area contributed by atoms with E-state index in [1.165, 1.54) is 126 Å². The second kappa shape index (κ2) is 26.8. The Balaban J connectivity index is 0.775. The second-order valence-corrected chi connectivity index (χ2v) is 21.8. The van der Waals surface area contributed by atoms with Crippen LogP contribution in [0.2, 0.25) is 0 Å². The number of rotatable bonds is 21. The summed E-state index contributed by atoms with van der Waals surface area (Å²) in [6, 6.07) is 97.9. The summed E-state index contributed by atoms with van der Waals surface area (Å²) in [4.78, 5) is 4.82. The third-order valence-corrected chi connectivity index (χ3v) is 16.0. The fourth-order valence-corrected chi connectivity index (χ4v) is 11.2. The highest BCUT2D eigenvalue weighted by atomic mass is 15.1. The molecule has 0 N–H and O–H groups in total. The lowest BCUT2D eigenvalue weighted by Gasteiger charge is -2.28. The van der Waals surface area contributed by atoms with Crippen molar-refractivity contribution in [2.45, 2.75) is 72.6 Å². The molecule has 0 fully saturated rings. The van der Waals surface area contributed by atoms with Crippen molar-refractivity contribution in [2.24, 2.45) is 0 Å². The van der Waals surface area contributed by atoms with E-state index >= 15 is 0 Å². The summed E-state index contributed by atoms with van der Waals surface area (Å²) < 4.78 is 0. The zero-order chi connectivity index (χ0) is 56.7. The highest BCUT2D eigenvalue weighted by Gasteiger charge is 2.18. The minimum atomic E-state index is 0.960. The predicted molar refractivity (Wildman–Crippen MR) is 360 cm³/mol. The van der Waals surface area contributed by atoms with Gasteiger partial charge in [0.1, 0.15) is 0 Å². The summed E-state index contributed by atoms with van der Waals surface area (Å²) >= 11 is 0. The number of hydrogen-bond donors (Lipinski definition) is 0. The number of unbranched alkanes of at least 4 members (excludes halogenated alkanes) is 2. The first-order valence-corrected chi connectivity index (χ1v) is 29.9. The Morgan fingerprint density at radius 3 is 0.904 bits per heavy atom. The van der Waals surface area contributed by atoms with Crippen molar-refractivity contribution in [2.75, 3.05) is 9.80 Å². The second-order valence-electron chi connectivity index (χ2n) is 21.8. The maximum Gasteiger partial charge on any atom is 0.0493 e. The van der Waals surface area contributed by atoms with Crippen LogP contribution in [-0.4, -0.2) is 0 Å². The summed E-state index contributed by atoms with van der Waals surface area (Å²) in [6.07, 6.45) is 16.7. The Bertz CT molecular complexity index is 3890. The average Bonchev–Trinajstić information content (AvgIpc) is 3.68. The molecule has 0 aliphatic carbocycles. The van der Waals surface area contributed by atoms with E-state index in [-0.39, 0.29) is 0 Å². The molecule has 0 aliphatic heterocycles. The van der Waals surface area contributed by atoms with Gasteiger partial charge in [0.2, 0.25) is 0 Å². The maximum atomic E-state index is 2.42. The van der Waals surface area contributed by atoms with Crippen LogP contribution in [-0.2, 0) is 19.3 Å². The van der Waals surface area contributed by atoms with E-state index in [4.69, 9.17) is 0 Å². The fourth-order valence-electron chi connectivity index (χ4n) is 11.2. The van der Waals surface area contributed by atoms with Gasteiger partial charge in [-0.25, -0.2) is 0 Å². The van der Waals surface area contributed by atoms with Gasteiger partial charge >= 0.3 is 0 Å². The van der Waals surface area contributed by atoms with Crippen LogP contribution in [0, 0.1) is 6.92 Å². The highest BCUT2D eigenvalue weighted by Crippen LogP contribution is 2.41. The number of benzene rings is 11. The lowest BCUT2D eigenvalue weighted by molar-refractivity contribution is 0.794. The van der Waals surface area contributed by atoms with Crippen LogP contribution in [0.25, 0.3) is 68.8 Å². The van der Waals surface area contributed by atoms with E-state index < -0.39 is 0 Å². The van der Waals surface area contributed by atoms with E-state index in [9.17, 15) is 0 Å². The van der Waals surface area contributed by atoms with Crippen LogP contribution < -0.4 is 9.80 Å². The standard InChI is InChI=1S/C81H74N2/c1-5-8-16-65-30-56-80(60(4)58-65)82(76-48-26-63(27-49-76)24-22-61-18-12-10-13-19-61)78-52-44-74(45-53-78)72-40-36-70(37-41-72)68-32-34-69(35-33-68)71-38-42-73(43-39-71)75-46-54-79(55-47-75)83(81-57-31-66(17-9-6-2)59-67(81)7-3)77-50-28-64(29-51-77)25-23-62-20-14-11-15-21-62/h10-15,18-59H,5-9,16-17H2,1-4H3/b24-22+,25-23+. The van der Waals surface area contributed by atoms with Gasteiger partial charge in [0.25, 0.3) is 0 Å². The summed E-state index contributed by atoms with van der Waals surface area (Å²) in [5.74, 6) is 0. The molecular formula is C81H74N2. The molecule has 2 heteroatoms. The molecule has 11 aromatic rings. The van der Waals surface area contributed by atoms with Gasteiger partial charge in [0, 0.05) is 34.1 Å². The summed E-state index contributed by atoms with van der Waals surface area (Å²) in [7, 11) is 0. The highest BCUT2D eigenvalue weighted by molar-refractivity contribution is 5.84. The maximum absolute atomic E-state index is 2.42. The molecule has 0 radical (unpaired) electrons. The minimum Gasteiger partial charge on any atom is -0.310 e. The first kappa shape index (κ1) is 55.4. The molecule has 0 saturated carbocycles. The zero-order valence-electron chi connectivity index (χ0n) is 48.6. The molecule has 2 nitrogen and oxygen atoms in total. The van der Waals surface area contributed by atoms with Crippen molar-refractivity contribution in [3.8, 4) is 44.5 Å². The Kier molecular flexibility index (Phi) is 17.9. The normalized spacial score (nSPS) is 11.4. The predicted octanol–water partition coefficient (Wildman–Crippen LogP) is 23.2. The van der Waals surface area contributed by atoms with E-state index in [0.717, 1.165) is 42.0 Å². The Hall–Kier alpha value is -9.50. The minimum absolute atomic E-state index is 0.960. The van der Waals surface area contributed by atoms with Crippen LogP contribution in [0.15, 0.2) is 267 Å². The lowest BCUT2D eigenvalue weighted by Crippen LogP contribution is -2.12. The number of hydrogen-bond acceptors (Lipinski definition) is 2. The third-order valence-electron chi connectivity index (χ3n) is 16.0. The topological polar surface area (TPSA) is 6.48 Å². The van der Waals surface area contributed by atoms with Gasteiger partial charge in [-0.1, -0.05) is 264 Å². The first-order chi connectivity index (χ1) is 40.9. The molecule has 0 bridgehead atoms. The van der Waals surface area contributed by atoms with Crippen molar-refractivity contribution < 1.29 is 0 Å². The van der Waals surface area contributed by atoms with Gasteiger partial charge in [-0.05, 0) is 189 Å². The fraction of sp³-hybridized carbons (Fsp3) is 0.136. The van der Waals surface area contributed by atoms with Gasteiger partial charge in [-0.3, -0.25) is 0 Å². The first-order valence-electron chi connectivity index (χ1n) is 29.9. The van der Waals surface area contributed by atoms with E-state index in [2.05, 4.69) is 329 Å². The number of aryl methyl sites for hydroxylation is 4. The molecule has 0 unspecified atom stereocenters. The molecule has 0 saturated heterocycles. The van der Waals surface area contributed by atoms with E-state index in [1.54, 1.807) is 0 Å². The molecule has 408 valence electrons. The van der Waals surface area contributed by atoms with Crippen molar-refractivity contribution in [1.29, 1.82) is 0 Å². The van der Waals surface area contributed by atoms with E-state index in [1.807, 2.05) is 0 Å². The zero-order valence-corrected chi connectivity index (χ0v) is 48.6. The van der Waals surface area contributed by atoms with Crippen LogP contribution in [0.3, 0.4) is 0 Å². The molecule has 0 amide bonds. The van der Waals surface area contributed by atoms with Crippen LogP contribution in [0.1, 0.15) is 91.0 Å². The molecular weight excluding hydrogens is 1000 g/mol. The Labute approximate surface area is 494 Å². The molecule has 11 aromatic carbocycles. The monoisotopic (exact) mass is 1070 g/mol. The van der Waals surface area contributed by atoms with Crippen molar-refractivity contribution in [3.63, 3.8) is 0 Å². The van der Waals surface area contributed by atoms with Gasteiger partial charge in [-0.15, -0.1) is 0 Å². The average molecular weight is 1080 g/mol. The summed E-state index contributed by atoms with van der Waals surface area (Å²) in [6.45, 7) is 9.04. The Morgan fingerprint density at radius 2 is 0.578 bits per heavy atom. The van der Waals surface area contributed by atoms with Gasteiger partial charge in [0.05, 0.1) is 0 Å². The van der Waals surface area contributed by atoms with Gasteiger partial charge in [0.15, 0.2) is 0 Å². The SMILES string of the molecule is CCCCc1ccc(N(c2ccc(/C=C/c3ccccc3)cc2)c2ccc(-c3ccc(-c4ccc(-c5ccc(-c6ccc(N(c7ccc(/C=C/c8ccccc8)cc7)c7ccc(CCCC)cc7CC)cc6)cc5)cc4)cc3)cc2)c(C)c1. The quantitative estimate of drug-likeness (QED) is 0.0662. The van der Waals surface area contributed by atoms with E-state index in [0.29, 0.717) is 0 Å². The molecule has 0 aromatic heterocycles. The van der Waals surface area contributed by atoms with Crippen molar-refractivity contribution in [3.05, 3.63) is 311 Å². The molecule has 0 heterocycles. The van der Waals surface area contributed by atoms with Gasteiger partial charge < -0.3 is 9.80 Å². The Morgan fingerprint density at radius 1 is 0.289 bits per heavy atom. The molecule has 0 spiro atoms. The summed E-state index contributed by atoms with van der Waals surface area (Å²) in [5, 5.41) is 0. The number of nitrogens with zero attached hydrogens (tertiary/aromatic N) is 2. The molecule has 0 aliphatic rings. The third kappa shape index (κ3) is 13.6. The molecule has 0 atom stereocenters. The number of anilines is 6. The molecule has 83 heavy (non-hydrogen) atoms. The van der Waals surface area contributed by atoms with Crippen LogP contribution >= 0.6 is 0 Å². The molecule has 11 rings (SSSR count).